The standard InChI is InChI=1S/C34H59Br2NO15.C30H51Br2NO15.C4HBr2NO2.2CH2O.CH4/c1-34(2,3)52-29(38)5-8-42-10-12-44-14-16-46-18-20-48-22-24-50-26-28-51-27-25-49-23-21-47-19-17-45-15-13-43-11-9-41-7-4-6-37-32(39)30(35)31(36)33(37)40;31-27-28(32)30(37)33(29(27)36)3-1-4-38-6-8-40-10-12-42-14-16-44-18-20-46-22-24-48-25-23-47-21-19-45-17-15-43-13-11-41-9-7-39-5-2-26(34)35;5-1-2(6)4(9)7-3(1)8;2*1-2;/h4-28H2,1-3H3;1-25H2,(H,34,35);(H,7,8,9);2*1H2;1H4. The average Bonchev–Trinajstić information content (AvgIpc) is 1.68. The number of carboxylic acids is 1. The maximum atomic E-state index is 11.9. The quantitative estimate of drug-likeness (QED) is 0.0461. The number of rotatable bonds is 74. The SMILES string of the molecule is C.C=O.C=O.CC(C)(C)OC(=O)CCOCCOCCOCCOCCOCCOCCOCCOCCOCCOCCOCCCN1C(=O)C(Br)=C(Br)C1=O.O=C(O)CCOCCOCCOCCOCCOCCOCCOCCOCCOCCOCCOCCCN1C(=O)C(Br)=C(Br)C1=O.O=C1NC(=O)C(Br)=C1Br. The molecular formula is C71H119Br6N3O34. The number of nitrogens with zero attached hydrogens (tertiary/aromatic N) is 2. The van der Waals surface area contributed by atoms with Gasteiger partial charge < -0.3 is 124 Å². The minimum absolute atomic E-state index is 0. The van der Waals surface area contributed by atoms with E-state index in [0.29, 0.717) is 310 Å². The van der Waals surface area contributed by atoms with E-state index in [1.807, 2.05) is 34.3 Å². The van der Waals surface area contributed by atoms with Crippen molar-refractivity contribution in [1.29, 1.82) is 0 Å². The van der Waals surface area contributed by atoms with E-state index in [9.17, 15) is 38.4 Å². The first-order valence-corrected chi connectivity index (χ1v) is 40.9. The van der Waals surface area contributed by atoms with Gasteiger partial charge in [-0.1, -0.05) is 7.43 Å². The molecule has 6 amide bonds. The fourth-order valence-electron chi connectivity index (χ4n) is 7.81. The number of hydrogen-bond acceptors (Lipinski definition) is 33. The normalized spacial score (nSPS) is 13.4. The summed E-state index contributed by atoms with van der Waals surface area (Å²) < 4.78 is 126. The van der Waals surface area contributed by atoms with Gasteiger partial charge in [0.15, 0.2) is 0 Å². The molecule has 114 heavy (non-hydrogen) atoms. The molecule has 0 aromatic heterocycles. The second-order valence-corrected chi connectivity index (χ2v) is 27.6. The number of carboxylic acid groups (broad SMARTS) is 1. The van der Waals surface area contributed by atoms with Gasteiger partial charge in [-0.3, -0.25) is 53.5 Å². The number of esters is 1. The number of ether oxygens (including phenoxy) is 23. The lowest BCUT2D eigenvalue weighted by atomic mass is 10.2. The number of aliphatic carboxylic acids is 1. The Kier molecular flexibility index (Phi) is 84.3. The van der Waals surface area contributed by atoms with Crippen LogP contribution in [-0.2, 0) is 157 Å². The van der Waals surface area contributed by atoms with E-state index in [4.69, 9.17) is 124 Å². The maximum absolute atomic E-state index is 11.9. The van der Waals surface area contributed by atoms with Crippen LogP contribution in [0.25, 0.3) is 0 Å². The molecule has 0 fully saturated rings. The third kappa shape index (κ3) is 68.7. The van der Waals surface area contributed by atoms with Crippen molar-refractivity contribution in [3.8, 4) is 0 Å². The molecule has 2 N–H and O–H groups in total. The first-order chi connectivity index (χ1) is 54.7. The number of carbonyl (C=O) groups is 10. The molecule has 3 aliphatic rings. The summed E-state index contributed by atoms with van der Waals surface area (Å²) in [5, 5.41) is 10.6. The molecule has 3 heterocycles. The Labute approximate surface area is 719 Å². The first kappa shape index (κ1) is 115. The summed E-state index contributed by atoms with van der Waals surface area (Å²) in [7, 11) is 0. The van der Waals surface area contributed by atoms with Crippen molar-refractivity contribution in [1.82, 2.24) is 15.1 Å². The lowest BCUT2D eigenvalue weighted by Crippen LogP contribution is -2.32. The fraction of sp³-hybridized carbons (Fsp3) is 0.775. The molecule has 0 unspecified atom stereocenters. The molecule has 0 aromatic carbocycles. The number of carbonyl (C=O) groups excluding carboxylic acids is 9. The molecule has 0 atom stereocenters. The van der Waals surface area contributed by atoms with Crippen molar-refractivity contribution in [2.24, 2.45) is 0 Å². The Hall–Kier alpha value is -3.08. The first-order valence-electron chi connectivity index (χ1n) is 36.2. The molecule has 37 nitrogen and oxygen atoms in total. The highest BCUT2D eigenvalue weighted by atomic mass is 79.9. The molecule has 0 aromatic rings. The predicted molar refractivity (Wildman–Crippen MR) is 432 cm³/mol. The van der Waals surface area contributed by atoms with Crippen molar-refractivity contribution in [2.45, 2.75) is 59.5 Å². The lowest BCUT2D eigenvalue weighted by molar-refractivity contribution is -0.156. The van der Waals surface area contributed by atoms with Crippen molar-refractivity contribution in [3.05, 3.63) is 26.9 Å². The van der Waals surface area contributed by atoms with Crippen molar-refractivity contribution < 1.29 is 162 Å². The molecule has 664 valence electrons. The highest BCUT2D eigenvalue weighted by Gasteiger charge is 2.36. The minimum atomic E-state index is -0.880. The minimum Gasteiger partial charge on any atom is -0.481 e. The van der Waals surface area contributed by atoms with Crippen LogP contribution in [0.1, 0.15) is 53.9 Å². The van der Waals surface area contributed by atoms with Crippen LogP contribution in [0.15, 0.2) is 26.9 Å². The summed E-state index contributed by atoms with van der Waals surface area (Å²) in [5.41, 5.74) is -0.480. The van der Waals surface area contributed by atoms with Gasteiger partial charge in [0.25, 0.3) is 35.4 Å². The summed E-state index contributed by atoms with van der Waals surface area (Å²) >= 11 is 18.2. The van der Waals surface area contributed by atoms with Gasteiger partial charge in [0.05, 0.1) is 290 Å². The number of hydrogen-bond donors (Lipinski definition) is 2. The topological polar surface area (TPSA) is 422 Å². The summed E-state index contributed by atoms with van der Waals surface area (Å²) in [6.45, 7) is 29.7. The molecule has 43 heteroatoms. The van der Waals surface area contributed by atoms with E-state index in [1.54, 1.807) is 0 Å². The van der Waals surface area contributed by atoms with Crippen LogP contribution in [0.4, 0.5) is 0 Å². The Morgan fingerprint density at radius 2 is 0.447 bits per heavy atom. The monoisotopic (exact) mass is 2030 g/mol. The Balaban J connectivity index is -0.00000185. The smallest absolute Gasteiger partial charge is 0.308 e. The Morgan fingerprint density at radius 1 is 0.289 bits per heavy atom. The maximum Gasteiger partial charge on any atom is 0.308 e. The van der Waals surface area contributed by atoms with Gasteiger partial charge in [-0.05, 0) is 129 Å². The van der Waals surface area contributed by atoms with E-state index in [2.05, 4.69) is 101 Å². The van der Waals surface area contributed by atoms with E-state index in [-0.39, 0.29) is 83.4 Å². The van der Waals surface area contributed by atoms with Crippen LogP contribution in [0.5, 0.6) is 0 Å². The molecule has 3 aliphatic heterocycles. The Morgan fingerprint density at radius 3 is 0.596 bits per heavy atom. The van der Waals surface area contributed by atoms with Gasteiger partial charge >= 0.3 is 11.9 Å². The largest absolute Gasteiger partial charge is 0.481 e. The van der Waals surface area contributed by atoms with Gasteiger partial charge in [-0.15, -0.1) is 0 Å². The van der Waals surface area contributed by atoms with Crippen LogP contribution in [0.3, 0.4) is 0 Å². The molecule has 0 bridgehead atoms. The van der Waals surface area contributed by atoms with E-state index in [1.165, 1.54) is 9.80 Å². The summed E-state index contributed by atoms with van der Waals surface area (Å²) in [5.74, 6) is -3.31. The van der Waals surface area contributed by atoms with Gasteiger partial charge in [-0.25, -0.2) is 0 Å². The van der Waals surface area contributed by atoms with E-state index < -0.39 is 23.4 Å². The molecule has 0 saturated heterocycles. The molecular weight excluding hydrogens is 1920 g/mol. The van der Waals surface area contributed by atoms with Crippen LogP contribution in [0, 0.1) is 0 Å². The fourth-order valence-corrected chi connectivity index (χ4v) is 9.90. The highest BCUT2D eigenvalue weighted by molar-refractivity contribution is 9.15. The molecule has 0 spiro atoms. The Bertz CT molecular complexity index is 2510. The van der Waals surface area contributed by atoms with Crippen LogP contribution < -0.4 is 5.32 Å². The molecule has 0 aliphatic carbocycles. The summed E-state index contributed by atoms with van der Waals surface area (Å²) in [6.07, 6.45) is 1.31. The van der Waals surface area contributed by atoms with Gasteiger partial charge in [0.2, 0.25) is 0 Å². The zero-order valence-corrected chi connectivity index (χ0v) is 74.4. The lowest BCUT2D eigenvalue weighted by Gasteiger charge is -2.19. The van der Waals surface area contributed by atoms with Crippen molar-refractivity contribution in [3.63, 3.8) is 0 Å². The number of nitrogens with one attached hydrogen (secondary N) is 1. The van der Waals surface area contributed by atoms with Crippen LogP contribution in [-0.4, -0.2) is 385 Å². The molecule has 3 rings (SSSR count). The molecule has 0 saturated carbocycles. The number of imide groups is 3. The van der Waals surface area contributed by atoms with Gasteiger partial charge in [0, 0.05) is 26.3 Å². The van der Waals surface area contributed by atoms with Gasteiger partial charge in [0.1, 0.15) is 46.1 Å². The third-order valence-corrected chi connectivity index (χ3v) is 19.1. The highest BCUT2D eigenvalue weighted by Crippen LogP contribution is 2.30. The number of amides is 6. The zero-order chi connectivity index (χ0) is 84.1. The van der Waals surface area contributed by atoms with Crippen molar-refractivity contribution >= 4 is 157 Å². The zero-order valence-electron chi connectivity index (χ0n) is 64.9. The van der Waals surface area contributed by atoms with E-state index in [0.717, 1.165) is 0 Å². The third-order valence-electron chi connectivity index (χ3n) is 13.0. The molecule has 0 radical (unpaired) electrons. The summed E-state index contributed by atoms with van der Waals surface area (Å²) in [6, 6.07) is 0. The van der Waals surface area contributed by atoms with Crippen LogP contribution >= 0.6 is 95.6 Å². The van der Waals surface area contributed by atoms with Gasteiger partial charge in [-0.2, -0.15) is 0 Å². The second-order valence-electron chi connectivity index (χ2n) is 22.9. The van der Waals surface area contributed by atoms with Crippen LogP contribution in [0.2, 0.25) is 0 Å². The average molecular weight is 2040 g/mol. The number of halogens is 6. The summed E-state index contributed by atoms with van der Waals surface area (Å²) in [4.78, 5) is 109. The predicted octanol–water partition coefficient (Wildman–Crippen LogP) is 4.98. The van der Waals surface area contributed by atoms with Crippen molar-refractivity contribution in [2.75, 3.05) is 304 Å². The second kappa shape index (κ2) is 83.6. The van der Waals surface area contributed by atoms with E-state index >= 15 is 0 Å².